The first-order valence-electron chi connectivity index (χ1n) is 7.66. The van der Waals surface area contributed by atoms with Crippen molar-refractivity contribution in [3.8, 4) is 11.5 Å². The Bertz CT molecular complexity index is 749. The van der Waals surface area contributed by atoms with Crippen molar-refractivity contribution >= 4 is 33.4 Å². The van der Waals surface area contributed by atoms with Gasteiger partial charge < -0.3 is 14.8 Å². The zero-order valence-electron chi connectivity index (χ0n) is 13.1. The third kappa shape index (κ3) is 4.02. The number of benzene rings is 2. The standard InChI is InChI=1S/C18H17BrClNO3/c1-11(13-2-4-14(19)5-3-13)21-17(22)10-12-8-15(20)18-16(9-12)23-6-7-24-18/h2-5,8-9,11H,6-7,10H2,1H3,(H,21,22). The average molecular weight is 411 g/mol. The van der Waals surface area contributed by atoms with E-state index in [-0.39, 0.29) is 18.4 Å². The van der Waals surface area contributed by atoms with Crippen LogP contribution in [-0.2, 0) is 11.2 Å². The summed E-state index contributed by atoms with van der Waals surface area (Å²) in [6.07, 6.45) is 0.233. The van der Waals surface area contributed by atoms with E-state index in [1.54, 1.807) is 6.07 Å². The van der Waals surface area contributed by atoms with Crippen LogP contribution in [0.4, 0.5) is 0 Å². The van der Waals surface area contributed by atoms with Crippen LogP contribution in [0.15, 0.2) is 40.9 Å². The molecule has 0 aliphatic carbocycles. The quantitative estimate of drug-likeness (QED) is 0.818. The van der Waals surface area contributed by atoms with Gasteiger partial charge in [-0.3, -0.25) is 4.79 Å². The molecule has 1 aliphatic rings. The second-order valence-corrected chi connectivity index (χ2v) is 6.94. The Morgan fingerprint density at radius 2 is 1.96 bits per heavy atom. The molecule has 3 rings (SSSR count). The zero-order valence-corrected chi connectivity index (χ0v) is 15.5. The summed E-state index contributed by atoms with van der Waals surface area (Å²) < 4.78 is 12.0. The molecule has 1 unspecified atom stereocenters. The minimum atomic E-state index is -0.0711. The molecular weight excluding hydrogens is 394 g/mol. The topological polar surface area (TPSA) is 47.6 Å². The lowest BCUT2D eigenvalue weighted by Gasteiger charge is -2.20. The van der Waals surface area contributed by atoms with E-state index in [2.05, 4.69) is 21.2 Å². The molecule has 0 saturated heterocycles. The highest BCUT2D eigenvalue weighted by atomic mass is 79.9. The first-order chi connectivity index (χ1) is 11.5. The van der Waals surface area contributed by atoms with Gasteiger partial charge in [-0.2, -0.15) is 0 Å². The average Bonchev–Trinajstić information content (AvgIpc) is 2.55. The Morgan fingerprint density at radius 3 is 2.71 bits per heavy atom. The van der Waals surface area contributed by atoms with Gasteiger partial charge in [-0.1, -0.05) is 39.7 Å². The largest absolute Gasteiger partial charge is 0.486 e. The van der Waals surface area contributed by atoms with Gasteiger partial charge >= 0.3 is 0 Å². The van der Waals surface area contributed by atoms with Gasteiger partial charge in [-0.25, -0.2) is 0 Å². The molecule has 126 valence electrons. The number of amides is 1. The molecule has 1 atom stereocenters. The molecule has 24 heavy (non-hydrogen) atoms. The number of halogens is 2. The van der Waals surface area contributed by atoms with E-state index >= 15 is 0 Å². The molecule has 2 aromatic carbocycles. The zero-order chi connectivity index (χ0) is 17.1. The maximum atomic E-state index is 12.3. The summed E-state index contributed by atoms with van der Waals surface area (Å²) in [5, 5.41) is 3.46. The summed E-state index contributed by atoms with van der Waals surface area (Å²) in [6.45, 7) is 2.93. The molecule has 1 N–H and O–H groups in total. The minimum absolute atomic E-state index is 0.0710. The second-order valence-electron chi connectivity index (χ2n) is 5.62. The fraction of sp³-hybridized carbons (Fsp3) is 0.278. The van der Waals surface area contributed by atoms with Crippen LogP contribution in [0.1, 0.15) is 24.1 Å². The van der Waals surface area contributed by atoms with Gasteiger partial charge in [0.05, 0.1) is 17.5 Å². The monoisotopic (exact) mass is 409 g/mol. The molecule has 1 amide bonds. The molecule has 2 aromatic rings. The number of hydrogen-bond acceptors (Lipinski definition) is 3. The highest BCUT2D eigenvalue weighted by molar-refractivity contribution is 9.10. The number of ether oxygens (including phenoxy) is 2. The van der Waals surface area contributed by atoms with Crippen molar-refractivity contribution in [3.63, 3.8) is 0 Å². The molecule has 0 spiro atoms. The van der Waals surface area contributed by atoms with E-state index < -0.39 is 0 Å². The number of nitrogens with one attached hydrogen (secondary N) is 1. The Labute approximate surface area is 154 Å². The van der Waals surface area contributed by atoms with Gasteiger partial charge in [0, 0.05) is 4.47 Å². The SMILES string of the molecule is CC(NC(=O)Cc1cc(Cl)c2c(c1)OCCO2)c1ccc(Br)cc1. The van der Waals surface area contributed by atoms with Crippen molar-refractivity contribution in [2.24, 2.45) is 0 Å². The van der Waals surface area contributed by atoms with E-state index in [4.69, 9.17) is 21.1 Å². The fourth-order valence-corrected chi connectivity index (χ4v) is 3.13. The van der Waals surface area contributed by atoms with Crippen LogP contribution < -0.4 is 14.8 Å². The lowest BCUT2D eigenvalue weighted by molar-refractivity contribution is -0.121. The molecule has 0 saturated carbocycles. The number of carbonyl (C=O) groups is 1. The van der Waals surface area contributed by atoms with Crippen molar-refractivity contribution in [3.05, 3.63) is 57.0 Å². The number of rotatable bonds is 4. The van der Waals surface area contributed by atoms with Gasteiger partial charge in [0.25, 0.3) is 0 Å². The Balaban J connectivity index is 1.66. The molecular formula is C18H17BrClNO3. The highest BCUT2D eigenvalue weighted by Crippen LogP contribution is 2.38. The van der Waals surface area contributed by atoms with Crippen LogP contribution in [0.5, 0.6) is 11.5 Å². The first-order valence-corrected chi connectivity index (χ1v) is 8.83. The summed E-state index contributed by atoms with van der Waals surface area (Å²) in [6, 6.07) is 11.4. The molecule has 0 fully saturated rings. The molecule has 0 aromatic heterocycles. The smallest absolute Gasteiger partial charge is 0.224 e. The van der Waals surface area contributed by atoms with E-state index in [1.165, 1.54) is 0 Å². The van der Waals surface area contributed by atoms with Crippen LogP contribution in [0.3, 0.4) is 0 Å². The van der Waals surface area contributed by atoms with Gasteiger partial charge in [0.1, 0.15) is 13.2 Å². The third-order valence-electron chi connectivity index (χ3n) is 3.77. The van der Waals surface area contributed by atoms with E-state index in [9.17, 15) is 4.79 Å². The summed E-state index contributed by atoms with van der Waals surface area (Å²) in [7, 11) is 0. The van der Waals surface area contributed by atoms with Crippen LogP contribution in [0, 0.1) is 0 Å². The van der Waals surface area contributed by atoms with Crippen LogP contribution >= 0.6 is 27.5 Å². The van der Waals surface area contributed by atoms with Gasteiger partial charge in [-0.15, -0.1) is 0 Å². The van der Waals surface area contributed by atoms with Crippen LogP contribution in [-0.4, -0.2) is 19.1 Å². The van der Waals surface area contributed by atoms with Gasteiger partial charge in [-0.05, 0) is 42.3 Å². The minimum Gasteiger partial charge on any atom is -0.486 e. The number of fused-ring (bicyclic) bond motifs is 1. The van der Waals surface area contributed by atoms with Crippen molar-refractivity contribution in [2.45, 2.75) is 19.4 Å². The van der Waals surface area contributed by atoms with Crippen molar-refractivity contribution in [1.82, 2.24) is 5.32 Å². The Hall–Kier alpha value is -1.72. The maximum Gasteiger partial charge on any atom is 0.224 e. The van der Waals surface area contributed by atoms with Gasteiger partial charge in [0.15, 0.2) is 11.5 Å². The van der Waals surface area contributed by atoms with Gasteiger partial charge in [0.2, 0.25) is 5.91 Å². The Kier molecular flexibility index (Phi) is 5.31. The predicted molar refractivity (Wildman–Crippen MR) is 96.8 cm³/mol. The molecule has 4 nitrogen and oxygen atoms in total. The molecule has 0 radical (unpaired) electrons. The highest BCUT2D eigenvalue weighted by Gasteiger charge is 2.18. The molecule has 1 heterocycles. The van der Waals surface area contributed by atoms with Crippen molar-refractivity contribution in [1.29, 1.82) is 0 Å². The number of carbonyl (C=O) groups excluding carboxylic acids is 1. The van der Waals surface area contributed by atoms with Crippen molar-refractivity contribution in [2.75, 3.05) is 13.2 Å². The maximum absolute atomic E-state index is 12.3. The van der Waals surface area contributed by atoms with Crippen LogP contribution in [0.2, 0.25) is 5.02 Å². The number of hydrogen-bond donors (Lipinski definition) is 1. The second kappa shape index (κ2) is 7.45. The van der Waals surface area contributed by atoms with Crippen molar-refractivity contribution < 1.29 is 14.3 Å². The predicted octanol–water partition coefficient (Wildman–Crippen LogP) is 4.29. The first kappa shape index (κ1) is 17.1. The lowest BCUT2D eigenvalue weighted by Crippen LogP contribution is -2.28. The molecule has 1 aliphatic heterocycles. The lowest BCUT2D eigenvalue weighted by atomic mass is 10.1. The van der Waals surface area contributed by atoms with E-state index in [0.717, 1.165) is 15.6 Å². The molecule has 6 heteroatoms. The van der Waals surface area contributed by atoms with E-state index in [1.807, 2.05) is 37.3 Å². The fourth-order valence-electron chi connectivity index (χ4n) is 2.58. The summed E-state index contributed by atoms with van der Waals surface area (Å²) >= 11 is 9.61. The summed E-state index contributed by atoms with van der Waals surface area (Å²) in [5.41, 5.74) is 1.84. The molecule has 0 bridgehead atoms. The third-order valence-corrected chi connectivity index (χ3v) is 4.58. The Morgan fingerprint density at radius 1 is 1.25 bits per heavy atom. The van der Waals surface area contributed by atoms with E-state index in [0.29, 0.717) is 29.7 Å². The summed E-state index contributed by atoms with van der Waals surface area (Å²) in [4.78, 5) is 12.3. The van der Waals surface area contributed by atoms with Crippen LogP contribution in [0.25, 0.3) is 0 Å². The summed E-state index contributed by atoms with van der Waals surface area (Å²) in [5.74, 6) is 1.07. The normalized spacial score (nSPS) is 14.1.